The summed E-state index contributed by atoms with van der Waals surface area (Å²) in [6, 6.07) is -0.552. The van der Waals surface area contributed by atoms with Crippen LogP contribution in [0.15, 0.2) is 0 Å². The van der Waals surface area contributed by atoms with Crippen LogP contribution >= 0.6 is 10.7 Å². The summed E-state index contributed by atoms with van der Waals surface area (Å²) in [5.74, 6) is -0.456. The van der Waals surface area contributed by atoms with Gasteiger partial charge >= 0.3 is 5.97 Å². The maximum absolute atomic E-state index is 11.0. The first-order chi connectivity index (χ1) is 5.95. The van der Waals surface area contributed by atoms with Gasteiger partial charge in [0.2, 0.25) is 9.05 Å². The van der Waals surface area contributed by atoms with Gasteiger partial charge in [0.05, 0.1) is 12.4 Å². The number of carbonyl (C=O) groups is 1. The highest BCUT2D eigenvalue weighted by Gasteiger charge is 2.36. The average Bonchev–Trinajstić information content (AvgIpc) is 2.50. The highest BCUT2D eigenvalue weighted by molar-refractivity contribution is 8.14. The van der Waals surface area contributed by atoms with Crippen molar-refractivity contribution in [2.75, 3.05) is 13.7 Å². The first-order valence-electron chi connectivity index (χ1n) is 3.70. The minimum atomic E-state index is -3.58. The molecule has 0 saturated carbocycles. The Morgan fingerprint density at radius 2 is 2.23 bits per heavy atom. The Bertz CT molecular complexity index is 302. The molecule has 13 heavy (non-hydrogen) atoms. The average molecular weight is 228 g/mol. The van der Waals surface area contributed by atoms with Crippen LogP contribution in [-0.2, 0) is 18.6 Å². The Morgan fingerprint density at radius 1 is 1.62 bits per heavy atom. The van der Waals surface area contributed by atoms with Crippen molar-refractivity contribution in [1.29, 1.82) is 0 Å². The molecule has 5 nitrogen and oxygen atoms in total. The molecule has 1 heterocycles. The van der Waals surface area contributed by atoms with Crippen molar-refractivity contribution in [2.24, 2.45) is 0 Å². The molecule has 1 saturated heterocycles. The third-order valence-corrected chi connectivity index (χ3v) is 3.89. The van der Waals surface area contributed by atoms with E-state index in [1.54, 1.807) is 0 Å². The number of halogens is 1. The van der Waals surface area contributed by atoms with Crippen LogP contribution in [-0.4, -0.2) is 39.3 Å². The van der Waals surface area contributed by atoms with E-state index in [9.17, 15) is 13.2 Å². The molecule has 1 aliphatic heterocycles. The first-order valence-corrected chi connectivity index (χ1v) is 6.07. The van der Waals surface area contributed by atoms with Crippen LogP contribution < -0.4 is 5.32 Å². The minimum absolute atomic E-state index is 0.179. The van der Waals surface area contributed by atoms with E-state index in [1.807, 2.05) is 0 Å². The highest BCUT2D eigenvalue weighted by Crippen LogP contribution is 2.18. The standard InChI is InChI=1S/C6H10ClNO4S/c1-12-6(9)5-2-4(3-8-5)13(7,10)11/h4-5,8H,2-3H2,1H3. The second-order valence-corrected chi connectivity index (χ2v) is 5.73. The number of hydrogen-bond donors (Lipinski definition) is 1. The van der Waals surface area contributed by atoms with E-state index in [2.05, 4.69) is 10.1 Å². The molecule has 0 amide bonds. The van der Waals surface area contributed by atoms with Crippen LogP contribution in [0.2, 0.25) is 0 Å². The Labute approximate surface area is 80.8 Å². The summed E-state index contributed by atoms with van der Waals surface area (Å²) in [6.45, 7) is 0.200. The van der Waals surface area contributed by atoms with Crippen LogP contribution in [0.4, 0.5) is 0 Å². The van der Waals surface area contributed by atoms with Crippen LogP contribution in [0.1, 0.15) is 6.42 Å². The zero-order valence-corrected chi connectivity index (χ0v) is 8.56. The van der Waals surface area contributed by atoms with Crippen LogP contribution in [0.25, 0.3) is 0 Å². The fourth-order valence-electron chi connectivity index (χ4n) is 1.24. The summed E-state index contributed by atoms with van der Waals surface area (Å²) in [6.07, 6.45) is 0.179. The van der Waals surface area contributed by atoms with Crippen molar-refractivity contribution in [2.45, 2.75) is 17.7 Å². The predicted molar refractivity (Wildman–Crippen MR) is 47.0 cm³/mol. The van der Waals surface area contributed by atoms with Crippen molar-refractivity contribution in [1.82, 2.24) is 5.32 Å². The van der Waals surface area contributed by atoms with Gasteiger partial charge in [0.15, 0.2) is 0 Å². The van der Waals surface area contributed by atoms with E-state index < -0.39 is 26.3 Å². The van der Waals surface area contributed by atoms with E-state index in [4.69, 9.17) is 10.7 Å². The van der Waals surface area contributed by atoms with Gasteiger partial charge in [-0.15, -0.1) is 0 Å². The second-order valence-electron chi connectivity index (χ2n) is 2.82. The van der Waals surface area contributed by atoms with E-state index in [-0.39, 0.29) is 13.0 Å². The van der Waals surface area contributed by atoms with Gasteiger partial charge in [-0.05, 0) is 6.42 Å². The molecular weight excluding hydrogens is 218 g/mol. The van der Waals surface area contributed by atoms with Gasteiger partial charge in [-0.3, -0.25) is 4.79 Å². The maximum atomic E-state index is 11.0. The number of nitrogens with one attached hydrogen (secondary N) is 1. The van der Waals surface area contributed by atoms with E-state index >= 15 is 0 Å². The van der Waals surface area contributed by atoms with Crippen molar-refractivity contribution in [3.63, 3.8) is 0 Å². The molecule has 0 aromatic heterocycles. The summed E-state index contributed by atoms with van der Waals surface area (Å²) in [4.78, 5) is 11.0. The summed E-state index contributed by atoms with van der Waals surface area (Å²) in [5, 5.41) is 2.03. The van der Waals surface area contributed by atoms with Crippen LogP contribution in [0.5, 0.6) is 0 Å². The van der Waals surface area contributed by atoms with Crippen molar-refractivity contribution in [3.8, 4) is 0 Å². The minimum Gasteiger partial charge on any atom is -0.468 e. The van der Waals surface area contributed by atoms with Gasteiger partial charge in [-0.25, -0.2) is 8.42 Å². The molecule has 0 aromatic rings. The molecule has 7 heteroatoms. The first kappa shape index (κ1) is 10.7. The van der Waals surface area contributed by atoms with Gasteiger partial charge in [-0.1, -0.05) is 0 Å². The fourth-order valence-corrected chi connectivity index (χ4v) is 2.36. The SMILES string of the molecule is COC(=O)C1CC(S(=O)(=O)Cl)CN1. The number of ether oxygens (including phenoxy) is 1. The van der Waals surface area contributed by atoms with Crippen molar-refractivity contribution in [3.05, 3.63) is 0 Å². The monoisotopic (exact) mass is 227 g/mol. The van der Waals surface area contributed by atoms with Gasteiger partial charge in [0, 0.05) is 17.2 Å². The molecule has 2 atom stereocenters. The Balaban J connectivity index is 2.60. The van der Waals surface area contributed by atoms with E-state index in [0.717, 1.165) is 0 Å². The molecule has 0 radical (unpaired) electrons. The van der Waals surface area contributed by atoms with Crippen LogP contribution in [0, 0.1) is 0 Å². The van der Waals surface area contributed by atoms with Crippen LogP contribution in [0.3, 0.4) is 0 Å². The number of esters is 1. The molecular formula is C6H10ClNO4S. The second kappa shape index (κ2) is 3.81. The van der Waals surface area contributed by atoms with E-state index in [0.29, 0.717) is 0 Å². The van der Waals surface area contributed by atoms with Gasteiger partial charge in [0.25, 0.3) is 0 Å². The van der Waals surface area contributed by atoms with E-state index in [1.165, 1.54) is 7.11 Å². The van der Waals surface area contributed by atoms with Gasteiger partial charge in [-0.2, -0.15) is 0 Å². The lowest BCUT2D eigenvalue weighted by atomic mass is 10.2. The molecule has 1 fully saturated rings. The zero-order valence-electron chi connectivity index (χ0n) is 6.99. The smallest absolute Gasteiger partial charge is 0.322 e. The predicted octanol–water partition coefficient (Wildman–Crippen LogP) is -0.542. The molecule has 0 spiro atoms. The van der Waals surface area contributed by atoms with Crippen molar-refractivity contribution >= 4 is 25.7 Å². The summed E-state index contributed by atoms with van der Waals surface area (Å²) in [7, 11) is 2.81. The number of methoxy groups -OCH3 is 1. The Hall–Kier alpha value is -0.330. The summed E-state index contributed by atoms with van der Waals surface area (Å²) < 4.78 is 26.2. The maximum Gasteiger partial charge on any atom is 0.322 e. The molecule has 1 aliphatic rings. The number of carbonyl (C=O) groups excluding carboxylic acids is 1. The lowest BCUT2D eigenvalue weighted by molar-refractivity contribution is -0.142. The molecule has 0 aromatic carbocycles. The Kier molecular flexibility index (Phi) is 3.15. The molecule has 1 rings (SSSR count). The fraction of sp³-hybridized carbons (Fsp3) is 0.833. The van der Waals surface area contributed by atoms with Gasteiger partial charge in [0.1, 0.15) is 6.04 Å². The molecule has 2 unspecified atom stereocenters. The lowest BCUT2D eigenvalue weighted by Crippen LogP contribution is -2.31. The normalized spacial score (nSPS) is 28.8. The topological polar surface area (TPSA) is 72.5 Å². The molecule has 1 N–H and O–H groups in total. The number of hydrogen-bond acceptors (Lipinski definition) is 5. The largest absolute Gasteiger partial charge is 0.468 e. The third kappa shape index (κ3) is 2.55. The summed E-state index contributed by atoms with van der Waals surface area (Å²) in [5.41, 5.74) is 0. The molecule has 0 bridgehead atoms. The quantitative estimate of drug-likeness (QED) is 0.507. The Morgan fingerprint density at radius 3 is 2.62 bits per heavy atom. The number of rotatable bonds is 2. The zero-order chi connectivity index (χ0) is 10.1. The highest BCUT2D eigenvalue weighted by atomic mass is 35.7. The van der Waals surface area contributed by atoms with Gasteiger partial charge < -0.3 is 10.1 Å². The van der Waals surface area contributed by atoms with Crippen molar-refractivity contribution < 1.29 is 17.9 Å². The molecule has 0 aliphatic carbocycles. The third-order valence-electron chi connectivity index (χ3n) is 1.97. The summed E-state index contributed by atoms with van der Waals surface area (Å²) >= 11 is 0. The molecule has 76 valence electrons. The lowest BCUT2D eigenvalue weighted by Gasteiger charge is -2.05.